The molecule has 0 bridgehead atoms. The Morgan fingerprint density at radius 3 is 2.27 bits per heavy atom. The van der Waals surface area contributed by atoms with Crippen LogP contribution in [-0.2, 0) is 15.8 Å². The van der Waals surface area contributed by atoms with Crippen LogP contribution in [0.2, 0.25) is 5.02 Å². The fourth-order valence-electron chi connectivity index (χ4n) is 2.94. The van der Waals surface area contributed by atoms with Gasteiger partial charge in [-0.2, -0.15) is 4.31 Å². The molecule has 1 saturated heterocycles. The number of sulfonamides is 1. The molecule has 1 heterocycles. The molecule has 0 spiro atoms. The summed E-state index contributed by atoms with van der Waals surface area (Å²) < 4.78 is 32.5. The van der Waals surface area contributed by atoms with Crippen LogP contribution in [-0.4, -0.2) is 57.0 Å². The number of piperazine rings is 1. The van der Waals surface area contributed by atoms with Gasteiger partial charge in [-0.25, -0.2) is 8.42 Å². The molecule has 1 aliphatic rings. The van der Waals surface area contributed by atoms with Crippen LogP contribution < -0.4 is 4.74 Å². The Balaban J connectivity index is 1.46. The van der Waals surface area contributed by atoms with Crippen LogP contribution in [0.15, 0.2) is 54.6 Å². The highest BCUT2D eigenvalue weighted by Gasteiger charge is 2.27. The fraction of sp³-hybridized carbons (Fsp3) is 0.368. The van der Waals surface area contributed by atoms with Crippen LogP contribution in [0.1, 0.15) is 5.56 Å². The summed E-state index contributed by atoms with van der Waals surface area (Å²) in [6.45, 7) is 3.79. The van der Waals surface area contributed by atoms with Crippen molar-refractivity contribution in [3.05, 3.63) is 65.2 Å². The molecule has 140 valence electrons. The first kappa shape index (κ1) is 19.2. The lowest BCUT2D eigenvalue weighted by atomic mass is 10.2. The lowest BCUT2D eigenvalue weighted by Crippen LogP contribution is -2.49. The van der Waals surface area contributed by atoms with E-state index in [-0.39, 0.29) is 5.75 Å². The zero-order chi connectivity index (χ0) is 18.4. The summed E-state index contributed by atoms with van der Waals surface area (Å²) in [4.78, 5) is 2.23. The van der Waals surface area contributed by atoms with Gasteiger partial charge in [0.15, 0.2) is 0 Å². The molecule has 0 radical (unpaired) electrons. The van der Waals surface area contributed by atoms with Crippen LogP contribution in [0, 0.1) is 0 Å². The summed E-state index contributed by atoms with van der Waals surface area (Å²) in [5, 5.41) is 0.493. The van der Waals surface area contributed by atoms with Crippen LogP contribution in [0.4, 0.5) is 0 Å². The molecule has 1 fully saturated rings. The average molecular weight is 395 g/mol. The maximum absolute atomic E-state index is 12.6. The first-order chi connectivity index (χ1) is 12.5. The van der Waals surface area contributed by atoms with Gasteiger partial charge in [0.1, 0.15) is 12.4 Å². The number of ether oxygens (including phenoxy) is 1. The molecule has 0 unspecified atom stereocenters. The molecule has 0 N–H and O–H groups in total. The molecule has 0 aromatic heterocycles. The van der Waals surface area contributed by atoms with Gasteiger partial charge in [-0.05, 0) is 23.8 Å². The second-order valence-electron chi connectivity index (χ2n) is 6.25. The first-order valence-corrected chi connectivity index (χ1v) is 10.6. The van der Waals surface area contributed by atoms with Crippen LogP contribution in [0.5, 0.6) is 5.75 Å². The summed E-state index contributed by atoms with van der Waals surface area (Å²) in [5.74, 6) is 0.803. The van der Waals surface area contributed by atoms with Crippen molar-refractivity contribution in [3.63, 3.8) is 0 Å². The Morgan fingerprint density at radius 1 is 0.923 bits per heavy atom. The standard InChI is InChI=1S/C19H23ClN2O3S/c20-19-9-5-4-6-17(19)16-26(23,24)22-12-10-21(11-13-22)14-15-25-18-7-2-1-3-8-18/h1-9H,10-16H2. The zero-order valence-electron chi connectivity index (χ0n) is 14.6. The topological polar surface area (TPSA) is 49.9 Å². The van der Waals surface area contributed by atoms with Crippen molar-refractivity contribution in [2.24, 2.45) is 0 Å². The highest BCUT2D eigenvalue weighted by atomic mass is 35.5. The number of hydrogen-bond acceptors (Lipinski definition) is 4. The zero-order valence-corrected chi connectivity index (χ0v) is 16.1. The van der Waals surface area contributed by atoms with Crippen molar-refractivity contribution in [1.29, 1.82) is 0 Å². The van der Waals surface area contributed by atoms with E-state index in [0.29, 0.717) is 43.4 Å². The second-order valence-corrected chi connectivity index (χ2v) is 8.63. The Bertz CT molecular complexity index is 807. The second kappa shape index (κ2) is 8.86. The number of rotatable bonds is 7. The molecule has 2 aromatic rings. The molecule has 26 heavy (non-hydrogen) atoms. The van der Waals surface area contributed by atoms with Crippen molar-refractivity contribution in [3.8, 4) is 5.75 Å². The SMILES string of the molecule is O=S(=O)(Cc1ccccc1Cl)N1CCN(CCOc2ccccc2)CC1. The monoisotopic (exact) mass is 394 g/mol. The van der Waals surface area contributed by atoms with Crippen molar-refractivity contribution in [2.45, 2.75) is 5.75 Å². The Hall–Kier alpha value is -1.60. The van der Waals surface area contributed by atoms with E-state index in [2.05, 4.69) is 4.90 Å². The molecule has 7 heteroatoms. The van der Waals surface area contributed by atoms with Gasteiger partial charge >= 0.3 is 0 Å². The Labute approximate surface area is 160 Å². The molecular weight excluding hydrogens is 372 g/mol. The quantitative estimate of drug-likeness (QED) is 0.724. The van der Waals surface area contributed by atoms with Gasteiger partial charge < -0.3 is 4.74 Å². The van der Waals surface area contributed by atoms with E-state index in [0.717, 1.165) is 12.3 Å². The number of para-hydroxylation sites is 1. The molecule has 0 atom stereocenters. The van der Waals surface area contributed by atoms with E-state index < -0.39 is 10.0 Å². The van der Waals surface area contributed by atoms with Crippen LogP contribution >= 0.6 is 11.6 Å². The van der Waals surface area contributed by atoms with Gasteiger partial charge in [-0.1, -0.05) is 48.0 Å². The summed E-state index contributed by atoms with van der Waals surface area (Å²) in [5.41, 5.74) is 0.646. The van der Waals surface area contributed by atoms with Gasteiger partial charge in [0.25, 0.3) is 0 Å². The predicted octanol–water partition coefficient (Wildman–Crippen LogP) is 2.87. The molecule has 3 rings (SSSR count). The minimum absolute atomic E-state index is 0.0518. The van der Waals surface area contributed by atoms with Crippen molar-refractivity contribution in [1.82, 2.24) is 9.21 Å². The summed E-state index contributed by atoms with van der Waals surface area (Å²) >= 11 is 6.10. The minimum atomic E-state index is -3.35. The Kier molecular flexibility index (Phi) is 6.53. The maximum Gasteiger partial charge on any atom is 0.218 e. The smallest absolute Gasteiger partial charge is 0.218 e. The molecule has 5 nitrogen and oxygen atoms in total. The Morgan fingerprint density at radius 2 is 1.58 bits per heavy atom. The van der Waals surface area contributed by atoms with E-state index >= 15 is 0 Å². The molecule has 0 amide bonds. The number of benzene rings is 2. The summed E-state index contributed by atoms with van der Waals surface area (Å²) in [7, 11) is -3.35. The van der Waals surface area contributed by atoms with Crippen molar-refractivity contribution < 1.29 is 13.2 Å². The highest BCUT2D eigenvalue weighted by Crippen LogP contribution is 2.20. The maximum atomic E-state index is 12.6. The molecule has 0 aliphatic carbocycles. The number of halogens is 1. The molecule has 1 aliphatic heterocycles. The average Bonchev–Trinajstić information content (AvgIpc) is 2.65. The molecule has 2 aromatic carbocycles. The first-order valence-electron chi connectivity index (χ1n) is 8.66. The third kappa shape index (κ3) is 5.20. The van der Waals surface area contributed by atoms with Crippen LogP contribution in [0.25, 0.3) is 0 Å². The third-order valence-corrected chi connectivity index (χ3v) is 6.64. The normalized spacial score (nSPS) is 16.5. The third-order valence-electron chi connectivity index (χ3n) is 4.44. The van der Waals surface area contributed by atoms with E-state index in [1.807, 2.05) is 30.3 Å². The number of hydrogen-bond donors (Lipinski definition) is 0. The summed E-state index contributed by atoms with van der Waals surface area (Å²) in [6.07, 6.45) is 0. The summed E-state index contributed by atoms with van der Waals surface area (Å²) in [6, 6.07) is 16.8. The predicted molar refractivity (Wildman–Crippen MR) is 104 cm³/mol. The molecule has 0 saturated carbocycles. The van der Waals surface area contributed by atoms with Crippen molar-refractivity contribution in [2.75, 3.05) is 39.3 Å². The van der Waals surface area contributed by atoms with E-state index in [1.165, 1.54) is 0 Å². The minimum Gasteiger partial charge on any atom is -0.492 e. The lowest BCUT2D eigenvalue weighted by Gasteiger charge is -2.33. The van der Waals surface area contributed by atoms with E-state index in [4.69, 9.17) is 16.3 Å². The number of nitrogens with zero attached hydrogens (tertiary/aromatic N) is 2. The van der Waals surface area contributed by atoms with E-state index in [9.17, 15) is 8.42 Å². The van der Waals surface area contributed by atoms with E-state index in [1.54, 1.807) is 28.6 Å². The fourth-order valence-corrected chi connectivity index (χ4v) is 4.77. The van der Waals surface area contributed by atoms with Gasteiger partial charge in [0, 0.05) is 37.7 Å². The lowest BCUT2D eigenvalue weighted by molar-refractivity contribution is 0.159. The largest absolute Gasteiger partial charge is 0.492 e. The van der Waals surface area contributed by atoms with Gasteiger partial charge in [-0.15, -0.1) is 0 Å². The van der Waals surface area contributed by atoms with Gasteiger partial charge in [-0.3, -0.25) is 4.90 Å². The van der Waals surface area contributed by atoms with Gasteiger partial charge in [0.2, 0.25) is 10.0 Å². The van der Waals surface area contributed by atoms with Crippen molar-refractivity contribution >= 4 is 21.6 Å². The molecular formula is C19H23ClN2O3S. The van der Waals surface area contributed by atoms with Gasteiger partial charge in [0.05, 0.1) is 5.75 Å². The highest BCUT2D eigenvalue weighted by molar-refractivity contribution is 7.88. The van der Waals surface area contributed by atoms with Crippen LogP contribution in [0.3, 0.4) is 0 Å².